The molecule has 1 aliphatic heterocycles. The highest BCUT2D eigenvalue weighted by Gasteiger charge is 2.34. The molecule has 1 fully saturated rings. The van der Waals surface area contributed by atoms with Crippen LogP contribution in [-0.2, 0) is 22.8 Å². The van der Waals surface area contributed by atoms with Crippen molar-refractivity contribution in [1.82, 2.24) is 9.55 Å². The fourth-order valence-corrected chi connectivity index (χ4v) is 3.46. The number of thioether (sulfide) groups is 1. The van der Waals surface area contributed by atoms with Crippen molar-refractivity contribution in [3.8, 4) is 0 Å². The van der Waals surface area contributed by atoms with Gasteiger partial charge in [0, 0.05) is 30.6 Å². The second kappa shape index (κ2) is 7.38. The van der Waals surface area contributed by atoms with E-state index in [1.165, 1.54) is 17.5 Å². The summed E-state index contributed by atoms with van der Waals surface area (Å²) in [6.45, 7) is 2.10. The summed E-state index contributed by atoms with van der Waals surface area (Å²) in [7, 11) is -2.63. The molecule has 3 N–H and O–H groups in total. The third-order valence-electron chi connectivity index (χ3n) is 3.14. The van der Waals surface area contributed by atoms with E-state index in [9.17, 15) is 4.79 Å². The van der Waals surface area contributed by atoms with E-state index in [0.717, 1.165) is 18.6 Å². The highest BCUT2D eigenvalue weighted by molar-refractivity contribution is 8.14. The molecule has 1 aliphatic rings. The van der Waals surface area contributed by atoms with E-state index in [4.69, 9.17) is 19.2 Å². The zero-order valence-electron chi connectivity index (χ0n) is 11.3. The van der Waals surface area contributed by atoms with E-state index < -0.39 is 7.82 Å². The Morgan fingerprint density at radius 2 is 2.10 bits per heavy atom. The Morgan fingerprint density at radius 3 is 2.55 bits per heavy atom. The second-order valence-electron chi connectivity index (χ2n) is 4.62. The predicted molar refractivity (Wildman–Crippen MR) is 75.9 cm³/mol. The molecule has 2 rings (SSSR count). The van der Waals surface area contributed by atoms with Gasteiger partial charge in [-0.05, 0) is 18.8 Å². The molecule has 0 amide bonds. The first kappa shape index (κ1) is 17.4. The number of carbonyl (C=O) groups excluding carboxylic acids is 1. The van der Waals surface area contributed by atoms with Crippen molar-refractivity contribution in [3.05, 3.63) is 18.2 Å². The molecular formula is C11H19N2O5PS. The van der Waals surface area contributed by atoms with Crippen LogP contribution in [0.25, 0.3) is 0 Å². The summed E-state index contributed by atoms with van der Waals surface area (Å²) in [6.07, 6.45) is 5.67. The normalized spacial score (nSPS) is 22.6. The number of aryl methyl sites for hydroxylation is 1. The highest BCUT2D eigenvalue weighted by atomic mass is 32.2. The van der Waals surface area contributed by atoms with Gasteiger partial charge in [-0.25, -0.2) is 9.55 Å². The lowest BCUT2D eigenvalue weighted by molar-refractivity contribution is -0.114. The highest BCUT2D eigenvalue weighted by Crippen LogP contribution is 2.35. The van der Waals surface area contributed by atoms with Gasteiger partial charge < -0.3 is 19.2 Å². The third-order valence-corrected chi connectivity index (χ3v) is 4.32. The molecule has 0 spiro atoms. The number of hydrogen-bond acceptors (Lipinski definition) is 4. The summed E-state index contributed by atoms with van der Waals surface area (Å²) in [5.74, 6) is 1.73. The molecule has 2 unspecified atom stereocenters. The summed E-state index contributed by atoms with van der Waals surface area (Å²) in [4.78, 5) is 37.2. The average Bonchev–Trinajstić information content (AvgIpc) is 2.85. The predicted octanol–water partition coefficient (Wildman–Crippen LogP) is 0.950. The van der Waals surface area contributed by atoms with Gasteiger partial charge >= 0.3 is 7.82 Å². The van der Waals surface area contributed by atoms with Crippen molar-refractivity contribution in [2.45, 2.75) is 19.8 Å². The molecule has 20 heavy (non-hydrogen) atoms. The quantitative estimate of drug-likeness (QED) is 0.710. The molecule has 9 heteroatoms. The van der Waals surface area contributed by atoms with Crippen molar-refractivity contribution >= 4 is 24.7 Å². The molecular weight excluding hydrogens is 303 g/mol. The Hall–Kier alpha value is -0.660. The summed E-state index contributed by atoms with van der Waals surface area (Å²) in [6, 6.07) is 0. The largest absolute Gasteiger partial charge is 0.466 e. The van der Waals surface area contributed by atoms with E-state index in [2.05, 4.69) is 11.9 Å². The van der Waals surface area contributed by atoms with E-state index in [1.807, 2.05) is 24.1 Å². The topological polar surface area (TPSA) is 113 Å². The maximum atomic E-state index is 11.6. The molecule has 0 aromatic carbocycles. The summed E-state index contributed by atoms with van der Waals surface area (Å²) < 4.78 is 10.9. The SMILES string of the molecule is CCC1C(=O)SCC1Cc1cncn1C.O=P(O)(O)O. The zero-order valence-corrected chi connectivity index (χ0v) is 13.0. The van der Waals surface area contributed by atoms with E-state index in [1.54, 1.807) is 0 Å². The molecule has 2 atom stereocenters. The van der Waals surface area contributed by atoms with Crippen LogP contribution in [0.5, 0.6) is 0 Å². The van der Waals surface area contributed by atoms with Gasteiger partial charge in [0.1, 0.15) is 0 Å². The standard InChI is InChI=1S/C11H16N2OS.H3O4P/c1-3-10-8(6-15-11(10)14)4-9-5-12-7-13(9)2;1-5(2,3)4/h5,7-8,10H,3-4,6H2,1-2H3;(H3,1,2,3,4). The molecule has 1 aromatic heterocycles. The van der Waals surface area contributed by atoms with Crippen LogP contribution in [0.3, 0.4) is 0 Å². The number of imidazole rings is 1. The minimum Gasteiger partial charge on any atom is -0.338 e. The lowest BCUT2D eigenvalue weighted by Gasteiger charge is -2.15. The Kier molecular flexibility index (Phi) is 6.42. The monoisotopic (exact) mass is 322 g/mol. The molecule has 114 valence electrons. The minimum absolute atomic E-state index is 0.255. The van der Waals surface area contributed by atoms with Gasteiger partial charge in [0.05, 0.1) is 6.33 Å². The van der Waals surface area contributed by atoms with Crippen LogP contribution in [0.4, 0.5) is 0 Å². The van der Waals surface area contributed by atoms with Gasteiger partial charge in [0.25, 0.3) is 0 Å². The van der Waals surface area contributed by atoms with E-state index in [0.29, 0.717) is 11.0 Å². The van der Waals surface area contributed by atoms with Crippen LogP contribution < -0.4 is 0 Å². The molecule has 7 nitrogen and oxygen atoms in total. The van der Waals surface area contributed by atoms with Crippen LogP contribution in [0.1, 0.15) is 19.0 Å². The van der Waals surface area contributed by atoms with Gasteiger partial charge in [-0.1, -0.05) is 18.7 Å². The van der Waals surface area contributed by atoms with Crippen LogP contribution in [0.2, 0.25) is 0 Å². The summed E-state index contributed by atoms with van der Waals surface area (Å²) in [5, 5.41) is 0.379. The van der Waals surface area contributed by atoms with Crippen molar-refractivity contribution < 1.29 is 24.0 Å². The first-order valence-electron chi connectivity index (χ1n) is 6.12. The molecule has 2 heterocycles. The lowest BCUT2D eigenvalue weighted by atomic mass is 9.89. The lowest BCUT2D eigenvalue weighted by Crippen LogP contribution is -2.18. The molecule has 1 aromatic rings. The second-order valence-corrected chi connectivity index (χ2v) is 6.67. The summed E-state index contributed by atoms with van der Waals surface area (Å²) in [5.41, 5.74) is 1.23. The Morgan fingerprint density at radius 1 is 1.50 bits per heavy atom. The van der Waals surface area contributed by atoms with Gasteiger partial charge in [-0.15, -0.1) is 0 Å². The first-order chi connectivity index (χ1) is 9.22. The molecule has 0 bridgehead atoms. The zero-order chi connectivity index (χ0) is 15.3. The number of nitrogens with zero attached hydrogens (tertiary/aromatic N) is 2. The molecule has 0 aliphatic carbocycles. The summed E-state index contributed by atoms with van der Waals surface area (Å²) >= 11 is 1.50. The maximum Gasteiger partial charge on any atom is 0.466 e. The van der Waals surface area contributed by atoms with Crippen LogP contribution >= 0.6 is 19.6 Å². The first-order valence-corrected chi connectivity index (χ1v) is 8.67. The number of rotatable bonds is 3. The Labute approximate surface area is 121 Å². The Bertz CT molecular complexity index is 492. The molecule has 0 saturated carbocycles. The van der Waals surface area contributed by atoms with Crippen LogP contribution in [0, 0.1) is 11.8 Å². The third kappa shape index (κ3) is 5.76. The number of carbonyl (C=O) groups is 1. The van der Waals surface area contributed by atoms with E-state index in [-0.39, 0.29) is 5.92 Å². The number of hydrogen-bond donors (Lipinski definition) is 3. The maximum absolute atomic E-state index is 11.6. The van der Waals surface area contributed by atoms with Crippen molar-refractivity contribution in [2.24, 2.45) is 18.9 Å². The van der Waals surface area contributed by atoms with Gasteiger partial charge in [0.15, 0.2) is 5.12 Å². The van der Waals surface area contributed by atoms with Gasteiger partial charge in [0.2, 0.25) is 0 Å². The van der Waals surface area contributed by atoms with Crippen LogP contribution in [0.15, 0.2) is 12.5 Å². The Balaban J connectivity index is 0.000000347. The smallest absolute Gasteiger partial charge is 0.338 e. The van der Waals surface area contributed by atoms with Crippen molar-refractivity contribution in [3.63, 3.8) is 0 Å². The number of aromatic nitrogens is 2. The van der Waals surface area contributed by atoms with Crippen molar-refractivity contribution in [1.29, 1.82) is 0 Å². The van der Waals surface area contributed by atoms with Crippen LogP contribution in [-0.4, -0.2) is 35.1 Å². The van der Waals surface area contributed by atoms with Gasteiger partial charge in [-0.3, -0.25) is 4.79 Å². The molecule has 1 saturated heterocycles. The van der Waals surface area contributed by atoms with Crippen molar-refractivity contribution in [2.75, 3.05) is 5.75 Å². The van der Waals surface area contributed by atoms with Gasteiger partial charge in [-0.2, -0.15) is 0 Å². The van der Waals surface area contributed by atoms with E-state index >= 15 is 0 Å². The average molecular weight is 322 g/mol. The minimum atomic E-state index is -4.64. The molecule has 0 radical (unpaired) electrons. The number of phosphoric acid groups is 1. The fourth-order valence-electron chi connectivity index (χ4n) is 2.16. The fraction of sp³-hybridized carbons (Fsp3) is 0.636.